The van der Waals surface area contributed by atoms with Crippen LogP contribution < -0.4 is 5.32 Å². The van der Waals surface area contributed by atoms with E-state index >= 15 is 0 Å². The molecular weight excluding hydrogens is 174 g/mol. The van der Waals surface area contributed by atoms with Gasteiger partial charge >= 0.3 is 5.97 Å². The first kappa shape index (κ1) is 9.31. The topological polar surface area (TPSA) is 79.5 Å². The summed E-state index contributed by atoms with van der Waals surface area (Å²) in [6, 6.07) is 1.51. The normalized spacial score (nSPS) is 9.62. The smallest absolute Gasteiger partial charge is 0.372 e. The van der Waals surface area contributed by atoms with E-state index in [1.807, 2.05) is 0 Å². The van der Waals surface area contributed by atoms with Crippen molar-refractivity contribution in [3.8, 4) is 0 Å². The van der Waals surface area contributed by atoms with Crippen molar-refractivity contribution in [2.75, 3.05) is 0 Å². The van der Waals surface area contributed by atoms with Gasteiger partial charge in [-0.25, -0.2) is 4.79 Å². The summed E-state index contributed by atoms with van der Waals surface area (Å²) in [4.78, 5) is 21.1. The number of rotatable bonds is 3. The number of carbonyl (C=O) groups is 2. The number of furan rings is 1. The molecule has 0 spiro atoms. The van der Waals surface area contributed by atoms with E-state index in [0.717, 1.165) is 0 Å². The Labute approximate surface area is 74.4 Å². The summed E-state index contributed by atoms with van der Waals surface area (Å²) in [6.45, 7) is 1.54. The van der Waals surface area contributed by atoms with Gasteiger partial charge in [-0.05, 0) is 6.07 Å². The molecular formula is C8H9NO4. The van der Waals surface area contributed by atoms with Crippen LogP contribution >= 0.6 is 0 Å². The maximum atomic E-state index is 10.5. The van der Waals surface area contributed by atoms with Gasteiger partial charge in [0, 0.05) is 19.0 Å². The van der Waals surface area contributed by atoms with E-state index < -0.39 is 5.97 Å². The van der Waals surface area contributed by atoms with Crippen molar-refractivity contribution in [2.45, 2.75) is 13.5 Å². The molecule has 0 atom stereocenters. The third-order valence-corrected chi connectivity index (χ3v) is 1.47. The van der Waals surface area contributed by atoms with Crippen LogP contribution in [0.3, 0.4) is 0 Å². The summed E-state index contributed by atoms with van der Waals surface area (Å²) in [7, 11) is 0. The third kappa shape index (κ3) is 2.33. The van der Waals surface area contributed by atoms with E-state index in [1.54, 1.807) is 0 Å². The van der Waals surface area contributed by atoms with E-state index in [2.05, 4.69) is 5.32 Å². The van der Waals surface area contributed by atoms with Crippen LogP contribution in [0, 0.1) is 0 Å². The lowest BCUT2D eigenvalue weighted by molar-refractivity contribution is -0.119. The molecule has 13 heavy (non-hydrogen) atoms. The van der Waals surface area contributed by atoms with Crippen molar-refractivity contribution in [3.63, 3.8) is 0 Å². The zero-order valence-corrected chi connectivity index (χ0v) is 7.03. The molecule has 1 aromatic heterocycles. The highest BCUT2D eigenvalue weighted by atomic mass is 16.4. The van der Waals surface area contributed by atoms with Gasteiger partial charge in [0.05, 0.1) is 6.26 Å². The van der Waals surface area contributed by atoms with Crippen molar-refractivity contribution in [3.05, 3.63) is 23.7 Å². The zero-order chi connectivity index (χ0) is 9.84. The van der Waals surface area contributed by atoms with E-state index in [-0.39, 0.29) is 18.2 Å². The van der Waals surface area contributed by atoms with Crippen LogP contribution in [0.5, 0.6) is 0 Å². The van der Waals surface area contributed by atoms with Crippen LogP contribution in [-0.4, -0.2) is 17.0 Å². The highest BCUT2D eigenvalue weighted by Gasteiger charge is 2.13. The van der Waals surface area contributed by atoms with Gasteiger partial charge in [-0.15, -0.1) is 0 Å². The van der Waals surface area contributed by atoms with E-state index in [9.17, 15) is 9.59 Å². The molecule has 5 nitrogen and oxygen atoms in total. The Morgan fingerprint density at radius 3 is 2.85 bits per heavy atom. The largest absolute Gasteiger partial charge is 0.475 e. The van der Waals surface area contributed by atoms with Gasteiger partial charge in [0.25, 0.3) is 0 Å². The van der Waals surface area contributed by atoms with Gasteiger partial charge in [0.1, 0.15) is 0 Å². The zero-order valence-electron chi connectivity index (χ0n) is 7.03. The first-order valence-corrected chi connectivity index (χ1v) is 3.65. The van der Waals surface area contributed by atoms with Gasteiger partial charge in [-0.2, -0.15) is 0 Å². The van der Waals surface area contributed by atoms with Crippen molar-refractivity contribution in [1.29, 1.82) is 0 Å². The fourth-order valence-electron chi connectivity index (χ4n) is 0.882. The Morgan fingerprint density at radius 2 is 2.31 bits per heavy atom. The molecule has 0 aromatic carbocycles. The lowest BCUT2D eigenvalue weighted by Gasteiger charge is -1.99. The van der Waals surface area contributed by atoms with E-state index in [4.69, 9.17) is 9.52 Å². The maximum absolute atomic E-state index is 10.5. The fourth-order valence-corrected chi connectivity index (χ4v) is 0.882. The maximum Gasteiger partial charge on any atom is 0.372 e. The van der Waals surface area contributed by atoms with Crippen molar-refractivity contribution < 1.29 is 19.1 Å². The monoisotopic (exact) mass is 183 g/mol. The second-order valence-electron chi connectivity index (χ2n) is 2.49. The number of hydrogen-bond acceptors (Lipinski definition) is 3. The molecule has 1 amide bonds. The van der Waals surface area contributed by atoms with Crippen LogP contribution in [0.25, 0.3) is 0 Å². The van der Waals surface area contributed by atoms with Gasteiger partial charge in [-0.3, -0.25) is 4.79 Å². The first-order chi connectivity index (χ1) is 6.11. The van der Waals surface area contributed by atoms with Crippen molar-refractivity contribution in [1.82, 2.24) is 5.32 Å². The number of carboxylic acids is 1. The molecule has 5 heteroatoms. The molecule has 0 aliphatic rings. The molecule has 1 heterocycles. The molecule has 70 valence electrons. The second-order valence-corrected chi connectivity index (χ2v) is 2.49. The lowest BCUT2D eigenvalue weighted by atomic mass is 10.2. The van der Waals surface area contributed by atoms with Gasteiger partial charge in [0.15, 0.2) is 0 Å². The van der Waals surface area contributed by atoms with E-state index in [1.165, 1.54) is 19.3 Å². The van der Waals surface area contributed by atoms with Crippen molar-refractivity contribution >= 4 is 11.9 Å². The second kappa shape index (κ2) is 3.75. The number of carbonyl (C=O) groups excluding carboxylic acids is 1. The van der Waals surface area contributed by atoms with Gasteiger partial charge < -0.3 is 14.8 Å². The molecule has 0 saturated carbocycles. The molecule has 0 fully saturated rings. The molecule has 2 N–H and O–H groups in total. The summed E-state index contributed by atoms with van der Waals surface area (Å²) in [5.41, 5.74) is 0.461. The van der Waals surface area contributed by atoms with Crippen LogP contribution in [0.15, 0.2) is 16.7 Å². The Bertz CT molecular complexity index is 329. The molecule has 1 aromatic rings. The lowest BCUT2D eigenvalue weighted by Crippen LogP contribution is -2.19. The Morgan fingerprint density at radius 1 is 1.62 bits per heavy atom. The molecule has 1 rings (SSSR count). The highest BCUT2D eigenvalue weighted by Crippen LogP contribution is 2.09. The average Bonchev–Trinajstić information content (AvgIpc) is 2.47. The quantitative estimate of drug-likeness (QED) is 0.719. The third-order valence-electron chi connectivity index (χ3n) is 1.47. The molecule has 0 saturated heterocycles. The average molecular weight is 183 g/mol. The Balaban J connectivity index is 2.71. The van der Waals surface area contributed by atoms with Crippen molar-refractivity contribution in [2.24, 2.45) is 0 Å². The Kier molecular flexibility index (Phi) is 2.69. The summed E-state index contributed by atoms with van der Waals surface area (Å²) in [5.74, 6) is -1.48. The van der Waals surface area contributed by atoms with Gasteiger partial charge in [-0.1, -0.05) is 0 Å². The summed E-state index contributed by atoms with van der Waals surface area (Å²) in [5, 5.41) is 11.1. The van der Waals surface area contributed by atoms with Crippen LogP contribution in [-0.2, 0) is 11.3 Å². The predicted molar refractivity (Wildman–Crippen MR) is 43.2 cm³/mol. The number of carboxylic acid groups (broad SMARTS) is 1. The Hall–Kier alpha value is -1.78. The predicted octanol–water partition coefficient (Wildman–Crippen LogP) is 0.614. The fraction of sp³-hybridized carbons (Fsp3) is 0.250. The number of aromatic carboxylic acids is 1. The minimum atomic E-state index is -1.13. The van der Waals surface area contributed by atoms with Gasteiger partial charge in [0.2, 0.25) is 11.7 Å². The standard InChI is InChI=1S/C8H9NO4/c1-5(10)9-4-6-2-3-13-7(6)8(11)12/h2-3H,4H2,1H3,(H,9,10)(H,11,12). The highest BCUT2D eigenvalue weighted by molar-refractivity contribution is 5.86. The summed E-state index contributed by atoms with van der Waals surface area (Å²) in [6.07, 6.45) is 1.28. The number of amides is 1. The molecule has 0 radical (unpaired) electrons. The minimum Gasteiger partial charge on any atom is -0.475 e. The van der Waals surface area contributed by atoms with Crippen LogP contribution in [0.4, 0.5) is 0 Å². The van der Waals surface area contributed by atoms with Crippen LogP contribution in [0.2, 0.25) is 0 Å². The molecule has 0 bridgehead atoms. The summed E-state index contributed by atoms with van der Waals surface area (Å²) >= 11 is 0. The summed E-state index contributed by atoms with van der Waals surface area (Å²) < 4.78 is 4.71. The molecule has 0 aliphatic heterocycles. The number of hydrogen-bond donors (Lipinski definition) is 2. The number of nitrogens with one attached hydrogen (secondary N) is 1. The first-order valence-electron chi connectivity index (χ1n) is 3.65. The SMILES string of the molecule is CC(=O)NCc1ccoc1C(=O)O. The molecule has 0 aliphatic carbocycles. The minimum absolute atomic E-state index is 0.131. The van der Waals surface area contributed by atoms with Crippen LogP contribution in [0.1, 0.15) is 23.0 Å². The molecule has 0 unspecified atom stereocenters. The van der Waals surface area contributed by atoms with E-state index in [0.29, 0.717) is 5.56 Å².